The van der Waals surface area contributed by atoms with Gasteiger partial charge in [-0.15, -0.1) is 0 Å². The number of carbonyl (C=O) groups excluding carboxylic acids is 1. The van der Waals surface area contributed by atoms with E-state index in [1.54, 1.807) is 11.7 Å². The topological polar surface area (TPSA) is 89.2 Å². The van der Waals surface area contributed by atoms with E-state index in [9.17, 15) is 14.4 Å². The summed E-state index contributed by atoms with van der Waals surface area (Å²) in [6.45, 7) is 0.323. The number of nitrogens with zero attached hydrogens (tertiary/aromatic N) is 3. The maximum absolute atomic E-state index is 14.0. The van der Waals surface area contributed by atoms with Gasteiger partial charge in [0.1, 0.15) is 23.4 Å². The van der Waals surface area contributed by atoms with Crippen LogP contribution in [0.3, 0.4) is 0 Å². The second-order valence-electron chi connectivity index (χ2n) is 5.79. The van der Waals surface area contributed by atoms with Crippen LogP contribution >= 0.6 is 0 Å². The highest BCUT2D eigenvalue weighted by Crippen LogP contribution is 2.22. The third kappa shape index (κ3) is 3.78. The summed E-state index contributed by atoms with van der Waals surface area (Å²) in [5, 5.41) is 12.0. The Bertz CT molecular complexity index is 1060. The monoisotopic (exact) mass is 380 g/mol. The third-order valence-corrected chi connectivity index (χ3v) is 4.13. The minimum Gasteiger partial charge on any atom is -0.497 e. The lowest BCUT2D eigenvalue weighted by atomic mass is 10.2. The summed E-state index contributed by atoms with van der Waals surface area (Å²) in [5.41, 5.74) is 0.778. The number of hydrogen-bond donors (Lipinski definition) is 1. The van der Waals surface area contributed by atoms with Crippen molar-refractivity contribution in [2.24, 2.45) is 0 Å². The van der Waals surface area contributed by atoms with E-state index in [4.69, 9.17) is 9.47 Å². The number of carbonyl (C=O) groups is 1. The Hall–Kier alpha value is -3.86. The van der Waals surface area contributed by atoms with E-state index >= 15 is 0 Å². The number of benzene rings is 2. The predicted octanol–water partition coefficient (Wildman–Crippen LogP) is 3.21. The molecule has 1 N–H and O–H groups in total. The minimum atomic E-state index is -0.726. The molecule has 0 fully saturated rings. The number of imidazole rings is 1. The van der Waals surface area contributed by atoms with Crippen molar-refractivity contribution in [2.45, 2.75) is 6.54 Å². The predicted molar refractivity (Wildman–Crippen MR) is 99.9 cm³/mol. The average Bonchev–Trinajstić information content (AvgIpc) is 3.09. The first-order valence-electron chi connectivity index (χ1n) is 8.29. The van der Waals surface area contributed by atoms with E-state index in [0.29, 0.717) is 18.0 Å². The van der Waals surface area contributed by atoms with E-state index < -0.39 is 11.7 Å². The number of aromatic nitrogens is 2. The van der Waals surface area contributed by atoms with Gasteiger partial charge in [-0.3, -0.25) is 4.79 Å². The molecule has 28 heavy (non-hydrogen) atoms. The smallest absolute Gasteiger partial charge is 0.260 e. The van der Waals surface area contributed by atoms with E-state index in [-0.39, 0.29) is 17.1 Å². The molecule has 142 valence electrons. The molecule has 3 aromatic rings. The van der Waals surface area contributed by atoms with Crippen molar-refractivity contribution >= 4 is 11.7 Å². The van der Waals surface area contributed by atoms with Crippen LogP contribution in [0.4, 0.5) is 10.2 Å². The lowest BCUT2D eigenvalue weighted by molar-refractivity contribution is 0.102. The Morgan fingerprint density at radius 2 is 2.04 bits per heavy atom. The Labute approximate surface area is 161 Å². The second kappa shape index (κ2) is 8.22. The first-order valence-corrected chi connectivity index (χ1v) is 8.29. The Morgan fingerprint density at radius 3 is 2.75 bits per heavy atom. The zero-order valence-corrected chi connectivity index (χ0v) is 15.3. The van der Waals surface area contributed by atoms with Gasteiger partial charge in [0, 0.05) is 5.56 Å². The van der Waals surface area contributed by atoms with Crippen LogP contribution in [0.1, 0.15) is 21.6 Å². The first-order chi connectivity index (χ1) is 13.6. The number of rotatable bonds is 6. The molecular formula is C20H17FN4O3. The van der Waals surface area contributed by atoms with Crippen LogP contribution in [0, 0.1) is 17.1 Å². The van der Waals surface area contributed by atoms with Gasteiger partial charge in [-0.2, -0.15) is 5.26 Å². The first kappa shape index (κ1) is 18.9. The van der Waals surface area contributed by atoms with E-state index in [0.717, 1.165) is 11.6 Å². The molecule has 0 aliphatic carbocycles. The molecule has 2 aromatic carbocycles. The largest absolute Gasteiger partial charge is 0.497 e. The normalized spacial score (nSPS) is 10.2. The fraction of sp³-hybridized carbons (Fsp3) is 0.150. The Kier molecular flexibility index (Phi) is 5.56. The summed E-state index contributed by atoms with van der Waals surface area (Å²) in [7, 11) is 2.98. The van der Waals surface area contributed by atoms with Crippen LogP contribution in [0.25, 0.3) is 0 Å². The number of nitriles is 1. The SMILES string of the molecule is COc1ccc(F)c(C(=O)Nc2ncn(Cc3ccccc3OC)c2C#N)c1. The van der Waals surface area contributed by atoms with Gasteiger partial charge >= 0.3 is 0 Å². The Morgan fingerprint density at radius 1 is 1.25 bits per heavy atom. The lowest BCUT2D eigenvalue weighted by Gasteiger charge is -2.10. The summed E-state index contributed by atoms with van der Waals surface area (Å²) in [6, 6.07) is 13.2. The molecule has 0 atom stereocenters. The van der Waals surface area contributed by atoms with Crippen LogP contribution in [0.15, 0.2) is 48.8 Å². The molecule has 1 amide bonds. The second-order valence-corrected chi connectivity index (χ2v) is 5.79. The van der Waals surface area contributed by atoms with Crippen molar-refractivity contribution < 1.29 is 18.7 Å². The van der Waals surface area contributed by atoms with Crippen LogP contribution < -0.4 is 14.8 Å². The number of amides is 1. The van der Waals surface area contributed by atoms with Gasteiger partial charge in [0.25, 0.3) is 5.91 Å². The molecule has 0 spiro atoms. The standard InChI is InChI=1S/C20H17FN4O3/c1-27-14-7-8-16(21)15(9-14)20(26)24-19-17(10-22)25(12-23-19)11-13-5-3-4-6-18(13)28-2/h3-9,12H,11H2,1-2H3,(H,24,26). The van der Waals surface area contributed by atoms with E-state index in [1.165, 1.54) is 25.6 Å². The minimum absolute atomic E-state index is 0.0459. The lowest BCUT2D eigenvalue weighted by Crippen LogP contribution is -2.15. The highest BCUT2D eigenvalue weighted by Gasteiger charge is 2.18. The number of nitrogens with one attached hydrogen (secondary N) is 1. The molecule has 1 heterocycles. The van der Waals surface area contributed by atoms with Gasteiger partial charge in [-0.05, 0) is 24.3 Å². The fourth-order valence-corrected chi connectivity index (χ4v) is 2.71. The summed E-state index contributed by atoms with van der Waals surface area (Å²) in [6.07, 6.45) is 1.43. The summed E-state index contributed by atoms with van der Waals surface area (Å²) < 4.78 is 25.9. The van der Waals surface area contributed by atoms with Crippen molar-refractivity contribution in [1.82, 2.24) is 9.55 Å². The maximum atomic E-state index is 14.0. The summed E-state index contributed by atoms with van der Waals surface area (Å²) in [5.74, 6) is -0.372. The number of anilines is 1. The molecule has 0 saturated heterocycles. The molecule has 8 heteroatoms. The van der Waals surface area contributed by atoms with Gasteiger partial charge < -0.3 is 19.4 Å². The van der Waals surface area contributed by atoms with Crippen LogP contribution in [0.5, 0.6) is 11.5 Å². The van der Waals surface area contributed by atoms with Gasteiger partial charge in [0.05, 0.1) is 32.7 Å². The number of methoxy groups -OCH3 is 2. The van der Waals surface area contributed by atoms with Crippen molar-refractivity contribution in [3.8, 4) is 17.6 Å². The quantitative estimate of drug-likeness (QED) is 0.709. The number of hydrogen-bond acceptors (Lipinski definition) is 5. The zero-order valence-electron chi connectivity index (χ0n) is 15.3. The molecular weight excluding hydrogens is 363 g/mol. The van der Waals surface area contributed by atoms with Gasteiger partial charge in [-0.25, -0.2) is 9.37 Å². The number of para-hydroxylation sites is 1. The van der Waals surface area contributed by atoms with Gasteiger partial charge in [0.2, 0.25) is 0 Å². The molecule has 0 saturated carbocycles. The van der Waals surface area contributed by atoms with Crippen LogP contribution in [0.2, 0.25) is 0 Å². The molecule has 0 bridgehead atoms. The summed E-state index contributed by atoms with van der Waals surface area (Å²) in [4.78, 5) is 16.5. The molecule has 0 unspecified atom stereocenters. The van der Waals surface area contributed by atoms with Crippen molar-refractivity contribution in [1.29, 1.82) is 5.26 Å². The van der Waals surface area contributed by atoms with Crippen molar-refractivity contribution in [3.63, 3.8) is 0 Å². The van der Waals surface area contributed by atoms with Crippen LogP contribution in [-0.2, 0) is 6.54 Å². The number of ether oxygens (including phenoxy) is 2. The average molecular weight is 380 g/mol. The van der Waals surface area contributed by atoms with Crippen molar-refractivity contribution in [3.05, 3.63) is 71.4 Å². The highest BCUT2D eigenvalue weighted by atomic mass is 19.1. The highest BCUT2D eigenvalue weighted by molar-refractivity contribution is 6.04. The molecule has 0 aliphatic heterocycles. The fourth-order valence-electron chi connectivity index (χ4n) is 2.71. The molecule has 0 aliphatic rings. The van der Waals surface area contributed by atoms with Gasteiger partial charge in [-0.1, -0.05) is 18.2 Å². The molecule has 0 radical (unpaired) electrons. The Balaban J connectivity index is 1.87. The maximum Gasteiger partial charge on any atom is 0.260 e. The van der Waals surface area contributed by atoms with Gasteiger partial charge in [0.15, 0.2) is 11.5 Å². The van der Waals surface area contributed by atoms with E-state index in [2.05, 4.69) is 10.3 Å². The molecule has 1 aromatic heterocycles. The van der Waals surface area contributed by atoms with E-state index in [1.807, 2.05) is 30.3 Å². The summed E-state index contributed by atoms with van der Waals surface area (Å²) >= 11 is 0. The van der Waals surface area contributed by atoms with Crippen molar-refractivity contribution in [2.75, 3.05) is 19.5 Å². The van der Waals surface area contributed by atoms with Crippen LogP contribution in [-0.4, -0.2) is 29.7 Å². The number of halogens is 1. The zero-order chi connectivity index (χ0) is 20.1. The third-order valence-electron chi connectivity index (χ3n) is 4.13. The molecule has 3 rings (SSSR count). The molecule has 7 nitrogen and oxygen atoms in total.